The van der Waals surface area contributed by atoms with Crippen molar-refractivity contribution in [3.63, 3.8) is 0 Å². The highest BCUT2D eigenvalue weighted by molar-refractivity contribution is 5.85. The molecule has 168 valence electrons. The van der Waals surface area contributed by atoms with Gasteiger partial charge in [0.1, 0.15) is 5.78 Å². The summed E-state index contributed by atoms with van der Waals surface area (Å²) in [5, 5.41) is 20.2. The second-order valence-electron chi connectivity index (χ2n) is 9.65. The van der Waals surface area contributed by atoms with Gasteiger partial charge in [0.05, 0.1) is 11.5 Å². The Morgan fingerprint density at radius 2 is 1.77 bits per heavy atom. The lowest BCUT2D eigenvalue weighted by Gasteiger charge is -2.42. The molecule has 30 heavy (non-hydrogen) atoms. The van der Waals surface area contributed by atoms with Crippen LogP contribution in [0.25, 0.3) is 0 Å². The summed E-state index contributed by atoms with van der Waals surface area (Å²) in [4.78, 5) is 23.6. The quantitative estimate of drug-likeness (QED) is 0.394. The van der Waals surface area contributed by atoms with Gasteiger partial charge in [0, 0.05) is 11.6 Å². The van der Waals surface area contributed by atoms with E-state index >= 15 is 0 Å². The number of allylic oxidation sites excluding steroid dienone is 4. The van der Waals surface area contributed by atoms with Crippen molar-refractivity contribution in [3.05, 3.63) is 34.9 Å². The summed E-state index contributed by atoms with van der Waals surface area (Å²) in [6, 6.07) is 0. The predicted molar refractivity (Wildman–Crippen MR) is 118 cm³/mol. The van der Waals surface area contributed by atoms with Crippen molar-refractivity contribution >= 4 is 11.8 Å². The van der Waals surface area contributed by atoms with E-state index in [-0.39, 0.29) is 11.2 Å². The van der Waals surface area contributed by atoms with E-state index in [1.54, 1.807) is 6.92 Å². The molecule has 2 rings (SSSR count). The average molecular weight is 419 g/mol. The minimum Gasteiger partial charge on any atom is -0.429 e. The summed E-state index contributed by atoms with van der Waals surface area (Å²) in [7, 11) is 0. The molecule has 1 saturated carbocycles. The molecule has 0 aromatic carbocycles. The maximum atomic E-state index is 12.5. The molecule has 0 aromatic rings. The lowest BCUT2D eigenvalue weighted by molar-refractivity contribution is -0.151. The van der Waals surface area contributed by atoms with Crippen LogP contribution in [-0.4, -0.2) is 34.4 Å². The van der Waals surface area contributed by atoms with Gasteiger partial charge in [-0.2, -0.15) is 0 Å². The van der Waals surface area contributed by atoms with Crippen LogP contribution >= 0.6 is 0 Å². The van der Waals surface area contributed by atoms with Gasteiger partial charge in [0.2, 0.25) is 6.29 Å². The second kappa shape index (κ2) is 10.1. The fraction of sp³-hybridized carbons (Fsp3) is 0.680. The number of cyclic esters (lactones) is 1. The molecule has 0 saturated heterocycles. The van der Waals surface area contributed by atoms with E-state index in [2.05, 4.69) is 44.6 Å². The Morgan fingerprint density at radius 1 is 1.13 bits per heavy atom. The summed E-state index contributed by atoms with van der Waals surface area (Å²) < 4.78 is 4.68. The smallest absolute Gasteiger partial charge is 0.333 e. The Balaban J connectivity index is 1.81. The number of carbonyl (C=O) groups is 2. The van der Waals surface area contributed by atoms with E-state index in [0.29, 0.717) is 24.8 Å². The molecule has 1 fully saturated rings. The van der Waals surface area contributed by atoms with Crippen molar-refractivity contribution < 1.29 is 24.5 Å². The molecule has 0 aromatic heterocycles. The van der Waals surface area contributed by atoms with E-state index in [1.165, 1.54) is 17.2 Å². The van der Waals surface area contributed by atoms with Crippen molar-refractivity contribution in [3.8, 4) is 0 Å². The Morgan fingerprint density at radius 3 is 2.30 bits per heavy atom. The lowest BCUT2D eigenvalue weighted by atomic mass is 9.62. The zero-order chi connectivity index (χ0) is 22.5. The number of hydrogen-bond acceptors (Lipinski definition) is 5. The summed E-state index contributed by atoms with van der Waals surface area (Å²) in [5.74, 6) is -0.363. The van der Waals surface area contributed by atoms with E-state index in [0.717, 1.165) is 32.1 Å². The van der Waals surface area contributed by atoms with E-state index in [1.807, 2.05) is 0 Å². The Hall–Kier alpha value is -1.72. The average Bonchev–Trinajstić information content (AvgIpc) is 3.08. The highest BCUT2D eigenvalue weighted by Crippen LogP contribution is 2.56. The van der Waals surface area contributed by atoms with E-state index in [9.17, 15) is 19.8 Å². The molecule has 2 aliphatic rings. The zero-order valence-electron chi connectivity index (χ0n) is 19.2. The molecule has 0 bridgehead atoms. The SMILES string of the molecule is CC(=O)[C@]1(CC/C(C)=C/CC/C(C)=C/CCC2=CC(=O)O[C@H]2O)[C@@H](O)CCC1(C)C. The first-order valence-electron chi connectivity index (χ1n) is 11.1. The maximum absolute atomic E-state index is 12.5. The third kappa shape index (κ3) is 5.50. The molecule has 0 spiro atoms. The Labute approximate surface area is 180 Å². The number of carbonyl (C=O) groups excluding carboxylic acids is 2. The summed E-state index contributed by atoms with van der Waals surface area (Å²) in [5.41, 5.74) is 2.36. The molecule has 0 radical (unpaired) electrons. The van der Waals surface area contributed by atoms with Gasteiger partial charge in [-0.25, -0.2) is 4.79 Å². The first kappa shape index (κ1) is 24.5. The molecular weight excluding hydrogens is 380 g/mol. The van der Waals surface area contributed by atoms with Gasteiger partial charge in [0.15, 0.2) is 0 Å². The fourth-order valence-corrected chi connectivity index (χ4v) is 5.08. The molecule has 0 amide bonds. The molecule has 1 heterocycles. The van der Waals surface area contributed by atoms with Crippen LogP contribution in [-0.2, 0) is 14.3 Å². The monoisotopic (exact) mass is 418 g/mol. The molecule has 3 atom stereocenters. The van der Waals surface area contributed by atoms with Crippen LogP contribution in [0.4, 0.5) is 0 Å². The van der Waals surface area contributed by atoms with Gasteiger partial charge in [-0.1, -0.05) is 37.1 Å². The van der Waals surface area contributed by atoms with Crippen LogP contribution in [0.1, 0.15) is 86.0 Å². The third-order valence-corrected chi connectivity index (χ3v) is 7.17. The molecular formula is C25H38O5. The van der Waals surface area contributed by atoms with Gasteiger partial charge in [0.25, 0.3) is 0 Å². The predicted octanol–water partition coefficient (Wildman–Crippen LogP) is 4.78. The number of hydrogen-bond donors (Lipinski definition) is 2. The first-order valence-corrected chi connectivity index (χ1v) is 11.1. The van der Waals surface area contributed by atoms with E-state index in [4.69, 9.17) is 0 Å². The van der Waals surface area contributed by atoms with Gasteiger partial charge in [-0.3, -0.25) is 4.79 Å². The molecule has 5 nitrogen and oxygen atoms in total. The number of esters is 1. The third-order valence-electron chi connectivity index (χ3n) is 7.17. The Kier molecular flexibility index (Phi) is 8.23. The van der Waals surface area contributed by atoms with Crippen LogP contribution in [0.15, 0.2) is 34.9 Å². The number of aliphatic hydroxyl groups excluding tert-OH is 2. The number of rotatable bonds is 10. The minimum absolute atomic E-state index is 0.110. The van der Waals surface area contributed by atoms with Gasteiger partial charge >= 0.3 is 5.97 Å². The zero-order valence-corrected chi connectivity index (χ0v) is 19.2. The molecule has 0 unspecified atom stereocenters. The molecule has 1 aliphatic heterocycles. The Bertz CT molecular complexity index is 743. The highest BCUT2D eigenvalue weighted by Gasteiger charge is 2.57. The molecule has 1 aliphatic carbocycles. The summed E-state index contributed by atoms with van der Waals surface area (Å²) >= 11 is 0. The second-order valence-corrected chi connectivity index (χ2v) is 9.65. The summed E-state index contributed by atoms with van der Waals surface area (Å²) in [6.45, 7) is 10.0. The normalized spacial score (nSPS) is 29.2. The van der Waals surface area contributed by atoms with Crippen molar-refractivity contribution in [2.75, 3.05) is 0 Å². The van der Waals surface area contributed by atoms with E-state index < -0.39 is 23.8 Å². The lowest BCUT2D eigenvalue weighted by Crippen LogP contribution is -2.46. The van der Waals surface area contributed by atoms with Crippen LogP contribution < -0.4 is 0 Å². The minimum atomic E-state index is -1.08. The number of aliphatic hydroxyl groups is 2. The summed E-state index contributed by atoms with van der Waals surface area (Å²) in [6.07, 6.45) is 10.5. The molecule has 5 heteroatoms. The number of ether oxygens (including phenoxy) is 1. The van der Waals surface area contributed by atoms with Crippen molar-refractivity contribution in [1.29, 1.82) is 0 Å². The fourth-order valence-electron chi connectivity index (χ4n) is 5.08. The van der Waals surface area contributed by atoms with Gasteiger partial charge < -0.3 is 14.9 Å². The van der Waals surface area contributed by atoms with Gasteiger partial charge in [-0.15, -0.1) is 0 Å². The largest absolute Gasteiger partial charge is 0.429 e. The number of ketones is 1. The maximum Gasteiger partial charge on any atom is 0.333 e. The number of Topliss-reactive ketones (excluding diaryl/α,β-unsaturated/α-hetero) is 1. The van der Waals surface area contributed by atoms with Crippen molar-refractivity contribution in [2.24, 2.45) is 10.8 Å². The van der Waals surface area contributed by atoms with Gasteiger partial charge in [-0.05, 0) is 77.6 Å². The topological polar surface area (TPSA) is 83.8 Å². The van der Waals surface area contributed by atoms with Crippen molar-refractivity contribution in [1.82, 2.24) is 0 Å². The van der Waals surface area contributed by atoms with Crippen LogP contribution in [0, 0.1) is 10.8 Å². The standard InChI is InChI=1S/C25H38O5/c1-17(10-7-11-20-16-22(28)30-23(20)29)8-6-9-18(2)12-15-25(19(3)26)21(27)13-14-24(25,4)5/h9-10,16,21,23,27,29H,6-8,11-15H2,1-5H3/b17-10+,18-9+/t21-,23+,25+/m0/s1. The highest BCUT2D eigenvalue weighted by atomic mass is 16.6. The van der Waals surface area contributed by atoms with Crippen LogP contribution in [0.2, 0.25) is 0 Å². The van der Waals surface area contributed by atoms with Crippen molar-refractivity contribution in [2.45, 2.75) is 98.4 Å². The first-order chi connectivity index (χ1) is 14.0. The molecule has 2 N–H and O–H groups in total. The van der Waals surface area contributed by atoms with Crippen LogP contribution in [0.5, 0.6) is 0 Å². The van der Waals surface area contributed by atoms with Crippen LogP contribution in [0.3, 0.4) is 0 Å².